The first-order valence-electron chi connectivity index (χ1n) is 14.4. The summed E-state index contributed by atoms with van der Waals surface area (Å²) in [5, 5.41) is 16.4. The van der Waals surface area contributed by atoms with Crippen molar-refractivity contribution in [3.63, 3.8) is 0 Å². The molecule has 0 fully saturated rings. The van der Waals surface area contributed by atoms with E-state index in [-0.39, 0.29) is 22.5 Å². The summed E-state index contributed by atoms with van der Waals surface area (Å²) in [5.41, 5.74) is 4.45. The van der Waals surface area contributed by atoms with Crippen LogP contribution < -0.4 is 10.9 Å². The molecule has 1 amide bonds. The number of benzene rings is 1. The molecule has 230 valence electrons. The smallest absolute Gasteiger partial charge is 0.254 e. The standard InChI is InChI=1S/C31H25Cl2N11O2/c1-18-3-2-4-27(42-17-37-23(11-29(42)45)22-10-20(32)5-6-26(22)44-15-28(33)39-41-44)24-9-19(7-8-36-24)30-25(38-31(18)46)14-43(40-30)21-12-34-16-35-13-21/h5-18,27H,2-4H2,1H3,(H,38,46). The van der Waals surface area contributed by atoms with Crippen LogP contribution in [-0.2, 0) is 4.79 Å². The highest BCUT2D eigenvalue weighted by molar-refractivity contribution is 6.31. The molecule has 2 unspecified atom stereocenters. The molecular formula is C31H25Cl2N11O2. The lowest BCUT2D eigenvalue weighted by atomic mass is 9.97. The molecule has 0 saturated heterocycles. The molecule has 2 bridgehead atoms. The zero-order valence-corrected chi connectivity index (χ0v) is 25.8. The average Bonchev–Trinajstić information content (AvgIpc) is 3.69. The Morgan fingerprint density at radius 2 is 1.80 bits per heavy atom. The normalized spacial score (nSPS) is 16.6. The molecule has 7 rings (SSSR count). The minimum atomic E-state index is -0.454. The van der Waals surface area contributed by atoms with E-state index in [0.29, 0.717) is 64.0 Å². The number of hydrogen-bond donors (Lipinski definition) is 1. The van der Waals surface area contributed by atoms with Crippen LogP contribution in [0, 0.1) is 5.92 Å². The lowest BCUT2D eigenvalue weighted by molar-refractivity contribution is -0.119. The summed E-state index contributed by atoms with van der Waals surface area (Å²) in [4.78, 5) is 44.6. The van der Waals surface area contributed by atoms with Crippen molar-refractivity contribution in [3.8, 4) is 33.9 Å². The molecule has 46 heavy (non-hydrogen) atoms. The third-order valence-electron chi connectivity index (χ3n) is 7.86. The summed E-state index contributed by atoms with van der Waals surface area (Å²) < 4.78 is 4.70. The molecule has 6 heterocycles. The van der Waals surface area contributed by atoms with E-state index >= 15 is 0 Å². The summed E-state index contributed by atoms with van der Waals surface area (Å²) in [6, 6.07) is 9.91. The number of rotatable bonds is 4. The fourth-order valence-electron chi connectivity index (χ4n) is 5.50. The van der Waals surface area contributed by atoms with Gasteiger partial charge in [-0.3, -0.25) is 19.1 Å². The largest absolute Gasteiger partial charge is 0.323 e. The fourth-order valence-corrected chi connectivity index (χ4v) is 5.80. The van der Waals surface area contributed by atoms with Crippen molar-refractivity contribution in [1.29, 1.82) is 0 Å². The van der Waals surface area contributed by atoms with Gasteiger partial charge in [0, 0.05) is 34.3 Å². The number of hydrogen-bond acceptors (Lipinski definition) is 9. The molecule has 0 saturated carbocycles. The molecule has 2 atom stereocenters. The van der Waals surface area contributed by atoms with Crippen molar-refractivity contribution in [2.75, 3.05) is 5.32 Å². The minimum Gasteiger partial charge on any atom is -0.323 e. The van der Waals surface area contributed by atoms with Gasteiger partial charge >= 0.3 is 0 Å². The molecule has 0 aliphatic carbocycles. The second-order valence-electron chi connectivity index (χ2n) is 10.9. The van der Waals surface area contributed by atoms with Crippen LogP contribution in [0.1, 0.15) is 37.9 Å². The van der Waals surface area contributed by atoms with Crippen LogP contribution in [0.2, 0.25) is 10.2 Å². The highest BCUT2D eigenvalue weighted by Gasteiger charge is 2.24. The molecule has 1 aliphatic heterocycles. The third-order valence-corrected chi connectivity index (χ3v) is 8.27. The molecular weight excluding hydrogens is 629 g/mol. The van der Waals surface area contributed by atoms with E-state index in [9.17, 15) is 9.59 Å². The zero-order valence-electron chi connectivity index (χ0n) is 24.3. The van der Waals surface area contributed by atoms with Gasteiger partial charge in [0.15, 0.2) is 5.15 Å². The van der Waals surface area contributed by atoms with Gasteiger partial charge in [0.25, 0.3) is 5.56 Å². The summed E-state index contributed by atoms with van der Waals surface area (Å²) in [6.07, 6.45) is 13.0. The Morgan fingerprint density at radius 1 is 0.957 bits per heavy atom. The van der Waals surface area contributed by atoms with E-state index in [4.69, 9.17) is 28.3 Å². The third kappa shape index (κ3) is 5.77. The number of carbonyl (C=O) groups excluding carboxylic acids is 1. The highest BCUT2D eigenvalue weighted by atomic mass is 35.5. The quantitative estimate of drug-likeness (QED) is 0.271. The molecule has 0 spiro atoms. The molecule has 15 heteroatoms. The van der Waals surface area contributed by atoms with Crippen LogP contribution >= 0.6 is 23.2 Å². The van der Waals surface area contributed by atoms with Crippen molar-refractivity contribution in [1.82, 2.24) is 49.3 Å². The predicted molar refractivity (Wildman–Crippen MR) is 171 cm³/mol. The number of aromatic nitrogens is 10. The van der Waals surface area contributed by atoms with E-state index < -0.39 is 6.04 Å². The first kappa shape index (κ1) is 29.4. The topological polar surface area (TPSA) is 151 Å². The second kappa shape index (κ2) is 12.3. The van der Waals surface area contributed by atoms with Crippen molar-refractivity contribution in [3.05, 3.63) is 106 Å². The van der Waals surface area contributed by atoms with Crippen LogP contribution in [0.15, 0.2) is 84.8 Å². The SMILES string of the molecule is CC1CCCC(n2cnc(-c3cc(Cl)ccc3-n3cc(Cl)nn3)cc2=O)c2cc(ccn2)-c2nn(-c3cncnc3)cc2NC1=O. The minimum absolute atomic E-state index is 0.120. The Balaban J connectivity index is 1.31. The fraction of sp³-hybridized carbons (Fsp3) is 0.194. The van der Waals surface area contributed by atoms with E-state index in [1.807, 2.05) is 19.1 Å². The first-order valence-corrected chi connectivity index (χ1v) is 15.2. The van der Waals surface area contributed by atoms with Gasteiger partial charge in [-0.15, -0.1) is 5.10 Å². The molecule has 1 aliphatic rings. The Hall–Kier alpha value is -5.27. The number of fused-ring (bicyclic) bond motifs is 4. The van der Waals surface area contributed by atoms with Gasteiger partial charge in [-0.2, -0.15) is 5.10 Å². The Labute approximate surface area is 271 Å². The predicted octanol–water partition coefficient (Wildman–Crippen LogP) is 5.18. The molecule has 6 aromatic rings. The van der Waals surface area contributed by atoms with Crippen LogP contribution in [-0.4, -0.2) is 55.2 Å². The van der Waals surface area contributed by atoms with E-state index in [0.717, 1.165) is 5.56 Å². The Kier molecular flexibility index (Phi) is 7.84. The number of carbonyl (C=O) groups is 1. The maximum absolute atomic E-state index is 13.8. The lowest BCUT2D eigenvalue weighted by Crippen LogP contribution is -2.27. The molecule has 0 radical (unpaired) electrons. The Morgan fingerprint density at radius 3 is 2.59 bits per heavy atom. The number of nitrogens with one attached hydrogen (secondary N) is 1. The summed E-state index contributed by atoms with van der Waals surface area (Å²) >= 11 is 12.4. The number of pyridine rings is 1. The van der Waals surface area contributed by atoms with Gasteiger partial charge in [0.2, 0.25) is 5.91 Å². The molecule has 1 aromatic carbocycles. The van der Waals surface area contributed by atoms with Gasteiger partial charge in [0.05, 0.1) is 59.9 Å². The maximum atomic E-state index is 13.8. The van der Waals surface area contributed by atoms with E-state index in [1.54, 1.807) is 58.4 Å². The van der Waals surface area contributed by atoms with Crippen LogP contribution in [0.3, 0.4) is 0 Å². The highest BCUT2D eigenvalue weighted by Crippen LogP contribution is 2.33. The van der Waals surface area contributed by atoms with Gasteiger partial charge < -0.3 is 5.32 Å². The monoisotopic (exact) mass is 653 g/mol. The maximum Gasteiger partial charge on any atom is 0.254 e. The first-order chi connectivity index (χ1) is 22.3. The van der Waals surface area contributed by atoms with Gasteiger partial charge in [0.1, 0.15) is 17.7 Å². The number of halogens is 2. The summed E-state index contributed by atoms with van der Waals surface area (Å²) in [5.74, 6) is -0.405. The number of anilines is 1. The molecule has 5 aromatic heterocycles. The zero-order chi connectivity index (χ0) is 31.8. The van der Waals surface area contributed by atoms with E-state index in [2.05, 4.69) is 35.6 Å². The second-order valence-corrected chi connectivity index (χ2v) is 11.7. The summed E-state index contributed by atoms with van der Waals surface area (Å²) in [7, 11) is 0. The van der Waals surface area contributed by atoms with Crippen molar-refractivity contribution in [2.45, 2.75) is 32.2 Å². The van der Waals surface area contributed by atoms with Gasteiger partial charge in [-0.25, -0.2) is 24.3 Å². The van der Waals surface area contributed by atoms with Crippen LogP contribution in [0.5, 0.6) is 0 Å². The number of nitrogens with zero attached hydrogens (tertiary/aromatic N) is 10. The average molecular weight is 655 g/mol. The van der Waals surface area contributed by atoms with Crippen LogP contribution in [0.25, 0.3) is 33.9 Å². The van der Waals surface area contributed by atoms with Gasteiger partial charge in [-0.05, 0) is 43.2 Å². The van der Waals surface area contributed by atoms with Crippen LogP contribution in [0.4, 0.5) is 5.69 Å². The molecule has 13 nitrogen and oxygen atoms in total. The van der Waals surface area contributed by atoms with Crippen molar-refractivity contribution < 1.29 is 4.79 Å². The molecule has 1 N–H and O–H groups in total. The van der Waals surface area contributed by atoms with Crippen molar-refractivity contribution >= 4 is 34.8 Å². The van der Waals surface area contributed by atoms with Gasteiger partial charge in [-0.1, -0.05) is 41.8 Å². The van der Waals surface area contributed by atoms with Crippen molar-refractivity contribution in [2.24, 2.45) is 5.92 Å². The lowest BCUT2D eigenvalue weighted by Gasteiger charge is -2.22. The summed E-state index contributed by atoms with van der Waals surface area (Å²) in [6.45, 7) is 1.89. The Bertz CT molecular complexity index is 2130. The van der Waals surface area contributed by atoms with E-state index in [1.165, 1.54) is 23.4 Å². The number of amides is 1.